The Bertz CT molecular complexity index is 611. The first-order valence-electron chi connectivity index (χ1n) is 6.28. The molecule has 0 bridgehead atoms. The van der Waals surface area contributed by atoms with Crippen LogP contribution in [-0.2, 0) is 21.5 Å². The highest BCUT2D eigenvalue weighted by Gasteiger charge is 2.24. The third kappa shape index (κ3) is 6.26. The summed E-state index contributed by atoms with van der Waals surface area (Å²) in [6.45, 7) is -0.167. The lowest BCUT2D eigenvalue weighted by molar-refractivity contribution is -0.126. The van der Waals surface area contributed by atoms with Crippen LogP contribution >= 0.6 is 0 Å². The molecule has 21 heavy (non-hydrogen) atoms. The van der Waals surface area contributed by atoms with E-state index in [4.69, 9.17) is 10.1 Å². The van der Waals surface area contributed by atoms with Crippen molar-refractivity contribution in [3.63, 3.8) is 0 Å². The second kappa shape index (κ2) is 8.25. The first-order valence-corrected chi connectivity index (χ1v) is 7.67. The van der Waals surface area contributed by atoms with Crippen LogP contribution in [0.4, 0.5) is 0 Å². The Balaban J connectivity index is 2.61. The summed E-state index contributed by atoms with van der Waals surface area (Å²) in [5.74, 6) is -0.692. The summed E-state index contributed by atoms with van der Waals surface area (Å²) in [4.78, 5) is 14.4. The lowest BCUT2D eigenvalue weighted by atomic mass is 10.1. The number of carbonyl (C=O) groups excluding carboxylic acids is 1. The largest absolute Gasteiger partial charge is 0.362 e. The molecule has 1 amide bonds. The highest BCUT2D eigenvalue weighted by molar-refractivity contribution is 7.84. The van der Waals surface area contributed by atoms with Gasteiger partial charge in [0.2, 0.25) is 5.91 Å². The van der Waals surface area contributed by atoms with Crippen LogP contribution in [0, 0.1) is 0 Å². The van der Waals surface area contributed by atoms with E-state index in [0.717, 1.165) is 5.56 Å². The van der Waals surface area contributed by atoms with Crippen molar-refractivity contribution in [2.45, 2.75) is 19.3 Å². The normalized spacial score (nSPS) is 10.7. The van der Waals surface area contributed by atoms with E-state index in [0.29, 0.717) is 10.7 Å². The van der Waals surface area contributed by atoms with Crippen LogP contribution in [0.2, 0.25) is 0 Å². The summed E-state index contributed by atoms with van der Waals surface area (Å²) < 4.78 is 31.9. The summed E-state index contributed by atoms with van der Waals surface area (Å²) in [5.41, 5.74) is 9.02. The third-order valence-corrected chi connectivity index (χ3v) is 3.65. The van der Waals surface area contributed by atoms with Gasteiger partial charge in [-0.3, -0.25) is 9.35 Å². The molecule has 0 atom stereocenters. The highest BCUT2D eigenvalue weighted by atomic mass is 32.2. The number of nitrogens with zero attached hydrogens (tertiary/aromatic N) is 4. The quantitative estimate of drug-likeness (QED) is 0.259. The molecule has 1 aromatic carbocycles. The van der Waals surface area contributed by atoms with E-state index in [-0.39, 0.29) is 25.9 Å². The fraction of sp³-hybridized carbons (Fsp3) is 0.417. The molecule has 8 nitrogen and oxygen atoms in total. The Morgan fingerprint density at radius 3 is 2.57 bits per heavy atom. The molecule has 0 saturated carbocycles. The molecule has 1 rings (SSSR count). The van der Waals surface area contributed by atoms with Gasteiger partial charge >= 0.3 is 10.3 Å². The molecular weight excluding hydrogens is 296 g/mol. The minimum absolute atomic E-state index is 0.0364. The first-order chi connectivity index (χ1) is 9.95. The van der Waals surface area contributed by atoms with Crippen LogP contribution in [0.3, 0.4) is 0 Å². The molecule has 0 heterocycles. The minimum atomic E-state index is -4.61. The monoisotopic (exact) mass is 312 g/mol. The molecule has 0 aliphatic heterocycles. The van der Waals surface area contributed by atoms with Gasteiger partial charge < -0.3 is 0 Å². The van der Waals surface area contributed by atoms with Gasteiger partial charge in [-0.05, 0) is 23.9 Å². The maximum absolute atomic E-state index is 11.9. The summed E-state index contributed by atoms with van der Waals surface area (Å²) in [5, 5.41) is 3.24. The zero-order chi connectivity index (χ0) is 15.7. The molecule has 1 N–H and O–H groups in total. The van der Waals surface area contributed by atoms with Gasteiger partial charge in [0.05, 0.1) is 0 Å². The van der Waals surface area contributed by atoms with Crippen LogP contribution in [0.1, 0.15) is 18.4 Å². The lowest BCUT2D eigenvalue weighted by Crippen LogP contribution is -2.37. The SMILES string of the molecule is [N-]=[N+]=NCCCN(C(=O)CCc1ccccc1)S(=O)(=O)O. The third-order valence-electron chi connectivity index (χ3n) is 2.71. The zero-order valence-corrected chi connectivity index (χ0v) is 12.1. The van der Waals surface area contributed by atoms with Gasteiger partial charge in [-0.2, -0.15) is 8.42 Å². The molecule has 0 spiro atoms. The fourth-order valence-electron chi connectivity index (χ4n) is 1.72. The Hall–Kier alpha value is -2.09. The lowest BCUT2D eigenvalue weighted by Gasteiger charge is -2.18. The molecule has 0 radical (unpaired) electrons. The molecule has 0 saturated heterocycles. The van der Waals surface area contributed by atoms with Gasteiger partial charge in [0, 0.05) is 24.4 Å². The van der Waals surface area contributed by atoms with Crippen LogP contribution in [0.25, 0.3) is 10.4 Å². The predicted octanol–water partition coefficient (Wildman–Crippen LogP) is 1.95. The smallest absolute Gasteiger partial charge is 0.274 e. The Kier molecular flexibility index (Phi) is 6.67. The van der Waals surface area contributed by atoms with Gasteiger partial charge in [-0.15, -0.1) is 0 Å². The van der Waals surface area contributed by atoms with Crippen molar-refractivity contribution >= 4 is 16.2 Å². The van der Waals surface area contributed by atoms with Crippen molar-refractivity contribution in [1.82, 2.24) is 4.31 Å². The van der Waals surface area contributed by atoms with Gasteiger partial charge in [-0.25, -0.2) is 4.31 Å². The standard InChI is InChI=1S/C12H16N4O4S/c13-15-14-9-4-10-16(21(18,19)20)12(17)8-7-11-5-2-1-3-6-11/h1-3,5-6H,4,7-10H2,(H,18,19,20). The van der Waals surface area contributed by atoms with Crippen molar-refractivity contribution < 1.29 is 17.8 Å². The molecule has 114 valence electrons. The van der Waals surface area contributed by atoms with Gasteiger partial charge in [0.25, 0.3) is 0 Å². The van der Waals surface area contributed by atoms with Gasteiger partial charge in [-0.1, -0.05) is 35.4 Å². The average Bonchev–Trinajstić information content (AvgIpc) is 2.44. The van der Waals surface area contributed by atoms with E-state index in [1.54, 1.807) is 0 Å². The van der Waals surface area contributed by atoms with E-state index < -0.39 is 16.2 Å². The van der Waals surface area contributed by atoms with Gasteiger partial charge in [0.1, 0.15) is 0 Å². The van der Waals surface area contributed by atoms with Crippen molar-refractivity contribution in [2.24, 2.45) is 5.11 Å². The summed E-state index contributed by atoms with van der Waals surface area (Å²) in [6, 6.07) is 9.13. The molecular formula is C12H16N4O4S. The number of hydrogen-bond acceptors (Lipinski definition) is 4. The van der Waals surface area contributed by atoms with E-state index in [1.807, 2.05) is 30.3 Å². The maximum atomic E-state index is 11.9. The van der Waals surface area contributed by atoms with Crippen molar-refractivity contribution in [3.8, 4) is 0 Å². The zero-order valence-electron chi connectivity index (χ0n) is 11.3. The number of amides is 1. The fourth-order valence-corrected chi connectivity index (χ4v) is 2.43. The maximum Gasteiger partial charge on any atom is 0.362 e. The minimum Gasteiger partial charge on any atom is -0.274 e. The van der Waals surface area contributed by atoms with Crippen LogP contribution < -0.4 is 0 Å². The van der Waals surface area contributed by atoms with E-state index in [9.17, 15) is 13.2 Å². The molecule has 0 aliphatic rings. The first kappa shape index (κ1) is 17.0. The van der Waals surface area contributed by atoms with Crippen molar-refractivity contribution in [1.29, 1.82) is 0 Å². The van der Waals surface area contributed by atoms with E-state index in [2.05, 4.69) is 10.0 Å². The highest BCUT2D eigenvalue weighted by Crippen LogP contribution is 2.08. The second-order valence-electron chi connectivity index (χ2n) is 4.24. The van der Waals surface area contributed by atoms with Crippen LogP contribution in [0.5, 0.6) is 0 Å². The van der Waals surface area contributed by atoms with Crippen LogP contribution in [-0.4, -0.2) is 36.3 Å². The number of aryl methyl sites for hydroxylation is 1. The predicted molar refractivity (Wildman–Crippen MR) is 76.7 cm³/mol. The molecule has 0 unspecified atom stereocenters. The Morgan fingerprint density at radius 1 is 1.33 bits per heavy atom. The van der Waals surface area contributed by atoms with Crippen molar-refractivity contribution in [2.75, 3.05) is 13.1 Å². The van der Waals surface area contributed by atoms with Crippen molar-refractivity contribution in [3.05, 3.63) is 46.3 Å². The molecule has 0 aromatic heterocycles. The topological polar surface area (TPSA) is 123 Å². The van der Waals surface area contributed by atoms with E-state index in [1.165, 1.54) is 0 Å². The molecule has 0 aliphatic carbocycles. The number of azide groups is 1. The molecule has 1 aromatic rings. The molecule has 0 fully saturated rings. The molecule has 9 heteroatoms. The van der Waals surface area contributed by atoms with E-state index >= 15 is 0 Å². The Morgan fingerprint density at radius 2 is 2.00 bits per heavy atom. The number of benzene rings is 1. The average molecular weight is 312 g/mol. The number of carbonyl (C=O) groups is 1. The Labute approximate surface area is 122 Å². The second-order valence-corrected chi connectivity index (χ2v) is 5.57. The number of hydrogen-bond donors (Lipinski definition) is 1. The number of rotatable bonds is 8. The van der Waals surface area contributed by atoms with Crippen LogP contribution in [0.15, 0.2) is 35.4 Å². The summed E-state index contributed by atoms with van der Waals surface area (Å²) in [6.07, 6.45) is 0.494. The summed E-state index contributed by atoms with van der Waals surface area (Å²) in [7, 11) is -4.61. The summed E-state index contributed by atoms with van der Waals surface area (Å²) >= 11 is 0. The van der Waals surface area contributed by atoms with Gasteiger partial charge in [0.15, 0.2) is 0 Å².